The first-order chi connectivity index (χ1) is 9.67. The maximum absolute atomic E-state index is 6.27. The van der Waals surface area contributed by atoms with E-state index in [0.29, 0.717) is 0 Å². The monoisotopic (exact) mass is 270 g/mol. The van der Waals surface area contributed by atoms with Crippen LogP contribution in [0, 0.1) is 6.92 Å². The second-order valence-electron chi connectivity index (χ2n) is 5.09. The topological polar surface area (TPSA) is 57.4 Å². The molecule has 20 heavy (non-hydrogen) atoms. The number of fused-ring (bicyclic) bond motifs is 1. The molecule has 1 unspecified atom stereocenters. The molecule has 2 N–H and O–H groups in total. The summed E-state index contributed by atoms with van der Waals surface area (Å²) in [6, 6.07) is 9.74. The molecule has 4 nitrogen and oxygen atoms in total. The van der Waals surface area contributed by atoms with E-state index in [4.69, 9.17) is 15.2 Å². The van der Waals surface area contributed by atoms with E-state index in [1.807, 2.05) is 43.5 Å². The molecule has 0 aliphatic carbocycles. The predicted molar refractivity (Wildman–Crippen MR) is 76.9 cm³/mol. The molecule has 0 amide bonds. The van der Waals surface area contributed by atoms with E-state index in [9.17, 15) is 0 Å². The number of nitrogens with two attached hydrogens (primary N) is 1. The maximum atomic E-state index is 6.27. The lowest BCUT2D eigenvalue weighted by Gasteiger charge is -2.30. The zero-order valence-electron chi connectivity index (χ0n) is 11.7. The van der Waals surface area contributed by atoms with Crippen molar-refractivity contribution in [2.45, 2.75) is 25.5 Å². The molecular weight excluding hydrogens is 252 g/mol. The van der Waals surface area contributed by atoms with Crippen molar-refractivity contribution in [3.63, 3.8) is 0 Å². The van der Waals surface area contributed by atoms with Crippen molar-refractivity contribution in [1.82, 2.24) is 4.98 Å². The normalized spacial score (nSPS) is 20.9. The highest BCUT2D eigenvalue weighted by Crippen LogP contribution is 2.40. The Morgan fingerprint density at radius 3 is 2.85 bits per heavy atom. The number of aromatic nitrogens is 1. The molecule has 0 fully saturated rings. The van der Waals surface area contributed by atoms with Gasteiger partial charge in [-0.25, -0.2) is 0 Å². The summed E-state index contributed by atoms with van der Waals surface area (Å²) in [7, 11) is 1.65. The molecule has 0 spiro atoms. The van der Waals surface area contributed by atoms with Gasteiger partial charge in [-0.1, -0.05) is 6.07 Å². The number of pyridine rings is 1. The molecule has 1 aromatic carbocycles. The Morgan fingerprint density at radius 1 is 1.30 bits per heavy atom. The number of ether oxygens (including phenoxy) is 2. The largest absolute Gasteiger partial charge is 0.497 e. The van der Waals surface area contributed by atoms with Crippen molar-refractivity contribution in [3.05, 3.63) is 53.3 Å². The van der Waals surface area contributed by atoms with Crippen molar-refractivity contribution in [3.8, 4) is 11.5 Å². The molecule has 4 heteroatoms. The molecule has 2 aromatic rings. The van der Waals surface area contributed by atoms with Gasteiger partial charge in [-0.15, -0.1) is 0 Å². The molecule has 0 radical (unpaired) electrons. The summed E-state index contributed by atoms with van der Waals surface area (Å²) in [5, 5.41) is 0. The van der Waals surface area contributed by atoms with Gasteiger partial charge in [0.2, 0.25) is 0 Å². The lowest BCUT2D eigenvalue weighted by Crippen LogP contribution is -2.24. The number of hydrogen-bond donors (Lipinski definition) is 1. The van der Waals surface area contributed by atoms with Crippen LogP contribution in [-0.2, 0) is 0 Å². The van der Waals surface area contributed by atoms with E-state index in [1.54, 1.807) is 7.11 Å². The van der Waals surface area contributed by atoms with E-state index in [-0.39, 0.29) is 12.1 Å². The van der Waals surface area contributed by atoms with Crippen LogP contribution in [0.5, 0.6) is 11.5 Å². The summed E-state index contributed by atoms with van der Waals surface area (Å²) >= 11 is 0. The van der Waals surface area contributed by atoms with Crippen LogP contribution >= 0.6 is 0 Å². The summed E-state index contributed by atoms with van der Waals surface area (Å²) in [4.78, 5) is 4.32. The van der Waals surface area contributed by atoms with Crippen LogP contribution in [0.25, 0.3) is 0 Å². The van der Waals surface area contributed by atoms with Crippen molar-refractivity contribution < 1.29 is 9.47 Å². The number of aryl methyl sites for hydroxylation is 1. The predicted octanol–water partition coefficient (Wildman–Crippen LogP) is 2.92. The van der Waals surface area contributed by atoms with E-state index >= 15 is 0 Å². The second-order valence-corrected chi connectivity index (χ2v) is 5.09. The Kier molecular flexibility index (Phi) is 3.32. The Balaban J connectivity index is 1.90. The lowest BCUT2D eigenvalue weighted by molar-refractivity contribution is 0.161. The highest BCUT2D eigenvalue weighted by atomic mass is 16.5. The minimum absolute atomic E-state index is 0.0426. The highest BCUT2D eigenvalue weighted by Gasteiger charge is 2.27. The molecule has 2 atom stereocenters. The third kappa shape index (κ3) is 2.34. The molecule has 1 aliphatic heterocycles. The van der Waals surface area contributed by atoms with Gasteiger partial charge in [0.15, 0.2) is 0 Å². The zero-order valence-corrected chi connectivity index (χ0v) is 11.7. The van der Waals surface area contributed by atoms with E-state index in [0.717, 1.165) is 34.7 Å². The standard InChI is InChI=1S/C16H18N2O2/c1-10-3-4-11(9-18-10)16-8-14(17)13-7-12(19-2)5-6-15(13)20-16/h3-7,9,14,16H,8,17H2,1-2H3/t14-,16?/m0/s1. The van der Waals surface area contributed by atoms with Gasteiger partial charge in [-0.05, 0) is 31.2 Å². The van der Waals surface area contributed by atoms with Crippen LogP contribution in [-0.4, -0.2) is 12.1 Å². The summed E-state index contributed by atoms with van der Waals surface area (Å²) in [5.74, 6) is 1.63. The minimum Gasteiger partial charge on any atom is -0.497 e. The molecule has 3 rings (SSSR count). The molecule has 104 valence electrons. The fourth-order valence-electron chi connectivity index (χ4n) is 2.48. The van der Waals surface area contributed by atoms with Crippen LogP contribution in [0.3, 0.4) is 0 Å². The lowest BCUT2D eigenvalue weighted by atomic mass is 9.94. The first kappa shape index (κ1) is 12.9. The van der Waals surface area contributed by atoms with Gasteiger partial charge in [0, 0.05) is 35.5 Å². The number of rotatable bonds is 2. The SMILES string of the molecule is COc1ccc2c(c1)[C@@H](N)CC(c1ccc(C)nc1)O2. The van der Waals surface area contributed by atoms with E-state index < -0.39 is 0 Å². The Hall–Kier alpha value is -2.07. The number of hydrogen-bond acceptors (Lipinski definition) is 4. The smallest absolute Gasteiger partial charge is 0.127 e. The van der Waals surface area contributed by atoms with Crippen molar-refractivity contribution >= 4 is 0 Å². The second kappa shape index (κ2) is 5.13. The fraction of sp³-hybridized carbons (Fsp3) is 0.312. The average molecular weight is 270 g/mol. The van der Waals surface area contributed by atoms with Gasteiger partial charge < -0.3 is 15.2 Å². The van der Waals surface area contributed by atoms with Gasteiger partial charge >= 0.3 is 0 Å². The average Bonchev–Trinajstić information content (AvgIpc) is 2.47. The first-order valence-electron chi connectivity index (χ1n) is 6.70. The summed E-state index contributed by atoms with van der Waals surface area (Å²) in [5.41, 5.74) is 9.33. The van der Waals surface area contributed by atoms with Gasteiger partial charge in [0.1, 0.15) is 17.6 Å². The molecule has 1 aliphatic rings. The molecular formula is C16H18N2O2. The van der Waals surface area contributed by atoms with Crippen molar-refractivity contribution in [1.29, 1.82) is 0 Å². The quantitative estimate of drug-likeness (QED) is 0.911. The van der Waals surface area contributed by atoms with Crippen molar-refractivity contribution in [2.75, 3.05) is 7.11 Å². The van der Waals surface area contributed by atoms with Crippen LogP contribution in [0.2, 0.25) is 0 Å². The highest BCUT2D eigenvalue weighted by molar-refractivity contribution is 5.44. The third-order valence-corrected chi connectivity index (χ3v) is 3.66. The zero-order chi connectivity index (χ0) is 14.1. The van der Waals surface area contributed by atoms with Gasteiger partial charge in [-0.2, -0.15) is 0 Å². The molecule has 0 saturated carbocycles. The molecule has 2 heterocycles. The summed E-state index contributed by atoms with van der Waals surface area (Å²) in [6.45, 7) is 1.97. The Labute approximate surface area is 118 Å². The van der Waals surface area contributed by atoms with Gasteiger partial charge in [0.25, 0.3) is 0 Å². The Bertz CT molecular complexity index is 610. The van der Waals surface area contributed by atoms with Gasteiger partial charge in [-0.3, -0.25) is 4.98 Å². The minimum atomic E-state index is -0.0554. The molecule has 0 saturated heterocycles. The Morgan fingerprint density at radius 2 is 2.15 bits per heavy atom. The molecule has 0 bridgehead atoms. The number of nitrogens with zero attached hydrogens (tertiary/aromatic N) is 1. The van der Waals surface area contributed by atoms with Gasteiger partial charge in [0.05, 0.1) is 7.11 Å². The maximum Gasteiger partial charge on any atom is 0.127 e. The summed E-state index contributed by atoms with van der Waals surface area (Å²) < 4.78 is 11.3. The van der Waals surface area contributed by atoms with E-state index in [2.05, 4.69) is 4.98 Å². The van der Waals surface area contributed by atoms with Crippen LogP contribution in [0.1, 0.15) is 35.4 Å². The van der Waals surface area contributed by atoms with Crippen LogP contribution < -0.4 is 15.2 Å². The van der Waals surface area contributed by atoms with Crippen LogP contribution in [0.4, 0.5) is 0 Å². The fourth-order valence-corrected chi connectivity index (χ4v) is 2.48. The number of benzene rings is 1. The molecule has 1 aromatic heterocycles. The summed E-state index contributed by atoms with van der Waals surface area (Å²) in [6.07, 6.45) is 2.56. The first-order valence-corrected chi connectivity index (χ1v) is 6.70. The van der Waals surface area contributed by atoms with E-state index in [1.165, 1.54) is 0 Å². The van der Waals surface area contributed by atoms with Crippen LogP contribution in [0.15, 0.2) is 36.5 Å². The number of methoxy groups -OCH3 is 1. The van der Waals surface area contributed by atoms with Crippen molar-refractivity contribution in [2.24, 2.45) is 5.73 Å². The third-order valence-electron chi connectivity index (χ3n) is 3.66.